The van der Waals surface area contributed by atoms with E-state index in [4.69, 9.17) is 11.6 Å². The maximum absolute atomic E-state index is 13.1. The van der Waals surface area contributed by atoms with Crippen LogP contribution in [0.2, 0.25) is 5.02 Å². The molecule has 0 aromatic heterocycles. The average Bonchev–Trinajstić information content (AvgIpc) is 3.12. The molecular weight excluding hydrogens is 379 g/mol. The van der Waals surface area contributed by atoms with Crippen LogP contribution >= 0.6 is 11.6 Å². The molecule has 5 nitrogen and oxygen atoms in total. The Hall–Kier alpha value is -1.96. The Bertz CT molecular complexity index is 886. The first-order valence-corrected chi connectivity index (χ1v) is 9.99. The predicted molar refractivity (Wildman–Crippen MR) is 96.6 cm³/mol. The van der Waals surface area contributed by atoms with Crippen molar-refractivity contribution in [3.63, 3.8) is 0 Å². The topological polar surface area (TPSA) is 66.5 Å². The summed E-state index contributed by atoms with van der Waals surface area (Å²) in [5, 5.41) is 3.38. The molecule has 1 atom stereocenters. The highest BCUT2D eigenvalue weighted by Gasteiger charge is 2.39. The summed E-state index contributed by atoms with van der Waals surface area (Å²) in [6.07, 6.45) is 1.05. The van der Waals surface area contributed by atoms with Crippen molar-refractivity contribution in [1.29, 1.82) is 0 Å². The molecule has 138 valence electrons. The fourth-order valence-corrected chi connectivity index (χ4v) is 4.72. The Morgan fingerprint density at radius 3 is 2.46 bits per heavy atom. The van der Waals surface area contributed by atoms with E-state index < -0.39 is 21.9 Å². The summed E-state index contributed by atoms with van der Waals surface area (Å²) in [6.45, 7) is 0.551. The lowest BCUT2D eigenvalue weighted by atomic mass is 10.2. The van der Waals surface area contributed by atoms with Gasteiger partial charge in [0.1, 0.15) is 11.9 Å². The normalized spacial score (nSPS) is 18.0. The molecule has 8 heteroatoms. The molecule has 2 aromatic rings. The van der Waals surface area contributed by atoms with E-state index >= 15 is 0 Å². The third kappa shape index (κ3) is 4.06. The average molecular weight is 397 g/mol. The standard InChI is InChI=1S/C18H18ClFN2O3S/c19-14-5-3-13(4-6-14)12-21-18(23)17-2-1-11-22(17)26(24,25)16-9-7-15(20)8-10-16/h3-10,17H,1-2,11-12H2,(H,21,23)/t17-/m0/s1. The van der Waals surface area contributed by atoms with Crippen LogP contribution < -0.4 is 5.32 Å². The number of benzene rings is 2. The zero-order valence-corrected chi connectivity index (χ0v) is 15.4. The molecule has 1 N–H and O–H groups in total. The molecule has 3 rings (SSSR count). The Balaban J connectivity index is 1.71. The van der Waals surface area contributed by atoms with Gasteiger partial charge in [0.2, 0.25) is 15.9 Å². The van der Waals surface area contributed by atoms with Crippen molar-refractivity contribution >= 4 is 27.5 Å². The summed E-state index contributed by atoms with van der Waals surface area (Å²) in [5.41, 5.74) is 0.869. The van der Waals surface area contributed by atoms with E-state index in [9.17, 15) is 17.6 Å². The minimum atomic E-state index is -3.85. The molecule has 1 fully saturated rings. The smallest absolute Gasteiger partial charge is 0.243 e. The lowest BCUT2D eigenvalue weighted by Gasteiger charge is -2.23. The second-order valence-corrected chi connectivity index (χ2v) is 8.40. The van der Waals surface area contributed by atoms with Gasteiger partial charge < -0.3 is 5.32 Å². The third-order valence-electron chi connectivity index (χ3n) is 4.31. The predicted octanol–water partition coefficient (Wildman–Crippen LogP) is 2.95. The fourth-order valence-electron chi connectivity index (χ4n) is 2.94. The minimum Gasteiger partial charge on any atom is -0.351 e. The highest BCUT2D eigenvalue weighted by atomic mass is 35.5. The number of carbonyl (C=O) groups excluding carboxylic acids is 1. The third-order valence-corrected chi connectivity index (χ3v) is 6.48. The van der Waals surface area contributed by atoms with Gasteiger partial charge in [-0.3, -0.25) is 4.79 Å². The van der Waals surface area contributed by atoms with E-state index in [-0.39, 0.29) is 23.9 Å². The first-order chi connectivity index (χ1) is 12.4. The maximum Gasteiger partial charge on any atom is 0.243 e. The number of nitrogens with one attached hydrogen (secondary N) is 1. The van der Waals surface area contributed by atoms with Crippen LogP contribution in [0, 0.1) is 5.82 Å². The van der Waals surface area contributed by atoms with Crippen LogP contribution in [-0.4, -0.2) is 31.2 Å². The van der Waals surface area contributed by atoms with Gasteiger partial charge in [-0.1, -0.05) is 23.7 Å². The molecule has 0 saturated carbocycles. The van der Waals surface area contributed by atoms with Gasteiger partial charge in [0, 0.05) is 18.1 Å². The number of halogens is 2. The number of hydrogen-bond donors (Lipinski definition) is 1. The van der Waals surface area contributed by atoms with Crippen LogP contribution in [-0.2, 0) is 21.4 Å². The molecule has 26 heavy (non-hydrogen) atoms. The van der Waals surface area contributed by atoms with Gasteiger partial charge in [-0.15, -0.1) is 0 Å². The number of carbonyl (C=O) groups is 1. The minimum absolute atomic E-state index is 0.0173. The van der Waals surface area contributed by atoms with Gasteiger partial charge in [0.15, 0.2) is 0 Å². The molecule has 1 aliphatic heterocycles. The summed E-state index contributed by atoms with van der Waals surface area (Å²) in [7, 11) is -3.85. The van der Waals surface area contributed by atoms with Gasteiger partial charge >= 0.3 is 0 Å². The number of rotatable bonds is 5. The number of amides is 1. The second-order valence-electron chi connectivity index (χ2n) is 6.07. The Labute approximate surface area is 156 Å². The van der Waals surface area contributed by atoms with Gasteiger partial charge in [0.25, 0.3) is 0 Å². The van der Waals surface area contributed by atoms with Crippen molar-refractivity contribution in [2.24, 2.45) is 0 Å². The van der Waals surface area contributed by atoms with Crippen molar-refractivity contribution in [2.45, 2.75) is 30.3 Å². The van der Waals surface area contributed by atoms with Crippen molar-refractivity contribution in [3.05, 3.63) is 64.9 Å². The molecule has 1 aliphatic rings. The molecule has 0 radical (unpaired) electrons. The summed E-state index contributed by atoms with van der Waals surface area (Å²) in [4.78, 5) is 12.5. The van der Waals surface area contributed by atoms with Crippen molar-refractivity contribution in [1.82, 2.24) is 9.62 Å². The van der Waals surface area contributed by atoms with E-state index in [1.807, 2.05) is 0 Å². The summed E-state index contributed by atoms with van der Waals surface area (Å²) in [6, 6.07) is 10.9. The quantitative estimate of drug-likeness (QED) is 0.845. The Morgan fingerprint density at radius 2 is 1.81 bits per heavy atom. The SMILES string of the molecule is O=C(NCc1ccc(Cl)cc1)[C@@H]1CCCN1S(=O)(=O)c1ccc(F)cc1. The van der Waals surface area contributed by atoms with E-state index in [0.29, 0.717) is 17.9 Å². The van der Waals surface area contributed by atoms with E-state index in [2.05, 4.69) is 5.32 Å². The molecule has 0 unspecified atom stereocenters. The molecule has 2 aromatic carbocycles. The number of hydrogen-bond acceptors (Lipinski definition) is 3. The highest BCUT2D eigenvalue weighted by Crippen LogP contribution is 2.26. The molecule has 1 saturated heterocycles. The van der Waals surface area contributed by atoms with Gasteiger partial charge in [-0.2, -0.15) is 4.31 Å². The molecular formula is C18H18ClFN2O3S. The molecule has 0 bridgehead atoms. The van der Waals surface area contributed by atoms with E-state index in [0.717, 1.165) is 17.7 Å². The van der Waals surface area contributed by atoms with Crippen LogP contribution in [0.5, 0.6) is 0 Å². The summed E-state index contributed by atoms with van der Waals surface area (Å²) < 4.78 is 39.8. The van der Waals surface area contributed by atoms with Crippen molar-refractivity contribution in [3.8, 4) is 0 Å². The zero-order chi connectivity index (χ0) is 18.7. The van der Waals surface area contributed by atoms with Crippen LogP contribution in [0.4, 0.5) is 4.39 Å². The van der Waals surface area contributed by atoms with Gasteiger partial charge in [0.05, 0.1) is 4.90 Å². The zero-order valence-electron chi connectivity index (χ0n) is 13.9. The molecule has 0 aliphatic carbocycles. The van der Waals surface area contributed by atoms with Crippen molar-refractivity contribution in [2.75, 3.05) is 6.54 Å². The first kappa shape index (κ1) is 18.8. The summed E-state index contributed by atoms with van der Waals surface area (Å²) >= 11 is 5.83. The maximum atomic E-state index is 13.1. The molecule has 1 amide bonds. The van der Waals surface area contributed by atoms with Crippen LogP contribution in [0.25, 0.3) is 0 Å². The molecule has 1 heterocycles. The lowest BCUT2D eigenvalue weighted by molar-refractivity contribution is -0.124. The van der Waals surface area contributed by atoms with E-state index in [1.165, 1.54) is 16.4 Å². The van der Waals surface area contributed by atoms with Crippen LogP contribution in [0.1, 0.15) is 18.4 Å². The summed E-state index contributed by atoms with van der Waals surface area (Å²) in [5.74, 6) is -0.856. The van der Waals surface area contributed by atoms with Crippen molar-refractivity contribution < 1.29 is 17.6 Å². The first-order valence-electron chi connectivity index (χ1n) is 8.17. The highest BCUT2D eigenvalue weighted by molar-refractivity contribution is 7.89. The lowest BCUT2D eigenvalue weighted by Crippen LogP contribution is -2.45. The fraction of sp³-hybridized carbons (Fsp3) is 0.278. The Kier molecular flexibility index (Phi) is 5.60. The monoisotopic (exact) mass is 396 g/mol. The molecule has 0 spiro atoms. The van der Waals surface area contributed by atoms with Crippen LogP contribution in [0.3, 0.4) is 0 Å². The largest absolute Gasteiger partial charge is 0.351 e. The van der Waals surface area contributed by atoms with Crippen LogP contribution in [0.15, 0.2) is 53.4 Å². The Morgan fingerprint density at radius 1 is 1.15 bits per heavy atom. The number of nitrogens with zero attached hydrogens (tertiary/aromatic N) is 1. The van der Waals surface area contributed by atoms with E-state index in [1.54, 1.807) is 24.3 Å². The van der Waals surface area contributed by atoms with Gasteiger partial charge in [-0.25, -0.2) is 12.8 Å². The second kappa shape index (κ2) is 7.73. The number of sulfonamides is 1. The van der Waals surface area contributed by atoms with Gasteiger partial charge in [-0.05, 0) is 54.8 Å².